The molecule has 0 aliphatic carbocycles. The predicted octanol–water partition coefficient (Wildman–Crippen LogP) is 4.43. The molecule has 0 spiro atoms. The molecule has 1 N–H and O–H groups in total. The Morgan fingerprint density at radius 3 is 3.15 bits per heavy atom. The van der Waals surface area contributed by atoms with E-state index in [-0.39, 0.29) is 24.8 Å². The van der Waals surface area contributed by atoms with Gasteiger partial charge in [0.15, 0.2) is 1.41 Å². The maximum Gasteiger partial charge on any atom is 0.162 e. The number of hydrogen-bond acceptors (Lipinski definition) is 6. The van der Waals surface area contributed by atoms with E-state index in [1.165, 1.54) is 6.07 Å². The molecule has 5 nitrogen and oxygen atoms in total. The summed E-state index contributed by atoms with van der Waals surface area (Å²) in [4.78, 5) is 7.09. The zero-order valence-electron chi connectivity index (χ0n) is 28.1. The molecular formula is C19H17ClFN5S. The fraction of sp³-hybridized carbons (Fsp3) is 0.316. The summed E-state index contributed by atoms with van der Waals surface area (Å²) in [6.07, 6.45) is -8.76. The highest BCUT2D eigenvalue weighted by Crippen LogP contribution is 2.33. The van der Waals surface area contributed by atoms with Gasteiger partial charge in [-0.25, -0.2) is 14.4 Å². The van der Waals surface area contributed by atoms with Crippen molar-refractivity contribution in [2.24, 2.45) is 0 Å². The van der Waals surface area contributed by atoms with Crippen LogP contribution in [0.25, 0.3) is 10.2 Å². The third kappa shape index (κ3) is 4.03. The van der Waals surface area contributed by atoms with Crippen molar-refractivity contribution in [1.29, 1.82) is 5.26 Å². The van der Waals surface area contributed by atoms with Crippen LogP contribution in [-0.4, -0.2) is 33.9 Å². The van der Waals surface area contributed by atoms with E-state index in [4.69, 9.17) is 32.2 Å². The summed E-state index contributed by atoms with van der Waals surface area (Å²) in [5.41, 5.74) is -2.17. The van der Waals surface area contributed by atoms with Crippen molar-refractivity contribution in [3.8, 4) is 6.07 Å². The van der Waals surface area contributed by atoms with Crippen molar-refractivity contribution in [3.05, 3.63) is 51.8 Å². The number of aromatic nitrogens is 2. The number of nitriles is 1. The van der Waals surface area contributed by atoms with Crippen molar-refractivity contribution in [2.45, 2.75) is 25.3 Å². The first kappa shape index (κ1) is 7.63. The second-order valence-electron chi connectivity index (χ2n) is 4.93. The Bertz CT molecular complexity index is 1630. The fourth-order valence-corrected chi connectivity index (χ4v) is 3.06. The minimum atomic E-state index is -3.95. The quantitative estimate of drug-likeness (QED) is 0.681. The number of thiophene rings is 1. The molecule has 3 heterocycles. The molecule has 1 aliphatic rings. The standard InChI is InChI=1S/C19H17ClFN5S/c20-17-8-16-18(27-17)19(24-11-23-16)25-14-3-5-26(6-4-14)10-12-1-2-15(21)13(7-12)9-22/h1-2,7-8,11,14H,3-6,10H2,(H,23,24,25)/i2D,3D2,4D2,5D2,6D2,7D,8D,10D,11D,14D/hD. The first-order valence-corrected chi connectivity index (χ1v) is 8.37. The minimum absolute atomic E-state index is 0.210. The molecule has 0 amide bonds. The van der Waals surface area contributed by atoms with Crippen LogP contribution in [0.1, 0.15) is 43.1 Å². The van der Waals surface area contributed by atoms with E-state index in [0.29, 0.717) is 17.4 Å². The average molecular weight is 417 g/mol. The molecule has 1 aromatic carbocycles. The van der Waals surface area contributed by atoms with Gasteiger partial charge >= 0.3 is 0 Å². The summed E-state index contributed by atoms with van der Waals surface area (Å²) in [6.45, 7) is -10.3. The summed E-state index contributed by atoms with van der Waals surface area (Å²) < 4.78 is 141. The number of benzene rings is 1. The van der Waals surface area contributed by atoms with Crippen LogP contribution in [0.15, 0.2) is 30.5 Å². The highest BCUT2D eigenvalue weighted by atomic mass is 35.5. The molecule has 2 aromatic heterocycles. The first-order chi connectivity index (χ1) is 19.0. The highest BCUT2D eigenvalue weighted by molar-refractivity contribution is 7.23. The summed E-state index contributed by atoms with van der Waals surface area (Å²) in [5, 5.41) is 8.98. The number of piperidine rings is 1. The van der Waals surface area contributed by atoms with Crippen molar-refractivity contribution in [1.82, 2.24) is 14.9 Å². The molecule has 3 aromatic rings. The zero-order chi connectivity index (χ0) is 32.1. The van der Waals surface area contributed by atoms with Gasteiger partial charge in [-0.2, -0.15) is 5.26 Å². The Morgan fingerprint density at radius 2 is 2.37 bits per heavy atom. The summed E-state index contributed by atoms with van der Waals surface area (Å²) in [5.74, 6) is -2.29. The molecule has 1 unspecified atom stereocenters. The smallest absolute Gasteiger partial charge is 0.162 e. The number of anilines is 1. The molecule has 0 saturated carbocycles. The van der Waals surface area contributed by atoms with Gasteiger partial charge in [-0.1, -0.05) is 17.7 Å². The Hall–Kier alpha value is -2.27. The van der Waals surface area contributed by atoms with Crippen molar-refractivity contribution < 1.29 is 25.0 Å². The number of fused-ring (bicyclic) bond motifs is 1. The maximum atomic E-state index is 14.2. The lowest BCUT2D eigenvalue weighted by molar-refractivity contribution is 0.211. The van der Waals surface area contributed by atoms with Gasteiger partial charge in [-0.05, 0) is 36.4 Å². The Morgan fingerprint density at radius 1 is 1.56 bits per heavy atom. The van der Waals surface area contributed by atoms with Crippen LogP contribution >= 0.6 is 22.9 Å². The van der Waals surface area contributed by atoms with E-state index in [1.807, 2.05) is 0 Å². The number of halogens is 2. The number of hydrogen-bond donors (Lipinski definition) is 1. The molecular weight excluding hydrogens is 385 g/mol. The van der Waals surface area contributed by atoms with Crippen LogP contribution < -0.4 is 5.31 Å². The molecule has 8 heteroatoms. The van der Waals surface area contributed by atoms with Gasteiger partial charge in [0.25, 0.3) is 0 Å². The van der Waals surface area contributed by atoms with Crippen molar-refractivity contribution >= 4 is 39.0 Å². The van der Waals surface area contributed by atoms with Crippen molar-refractivity contribution in [2.75, 3.05) is 18.3 Å². The zero-order valence-corrected chi connectivity index (χ0v) is 14.6. The highest BCUT2D eigenvalue weighted by Gasteiger charge is 2.21. The van der Waals surface area contributed by atoms with E-state index in [9.17, 15) is 9.65 Å². The average Bonchev–Trinajstić information content (AvgIpc) is 3.16. The summed E-state index contributed by atoms with van der Waals surface area (Å²) in [7, 11) is 0. The van der Waals surface area contributed by atoms with Crippen LogP contribution in [0.3, 0.4) is 0 Å². The second kappa shape index (κ2) is 7.77. The van der Waals surface area contributed by atoms with E-state index in [2.05, 4.69) is 9.97 Å². The van der Waals surface area contributed by atoms with Gasteiger partial charge in [0, 0.05) is 37.9 Å². The molecule has 1 fully saturated rings. The molecule has 1 atom stereocenters. The van der Waals surface area contributed by atoms with E-state index in [1.54, 1.807) is 0 Å². The molecule has 138 valence electrons. The largest absolute Gasteiger partial charge is 0.366 e. The molecule has 1 aliphatic heterocycles. The Labute approximate surface area is 186 Å². The minimum Gasteiger partial charge on any atom is -0.366 e. The van der Waals surface area contributed by atoms with E-state index < -0.39 is 85.5 Å². The maximum absolute atomic E-state index is 14.2. The van der Waals surface area contributed by atoms with Crippen LogP contribution in [0.4, 0.5) is 10.2 Å². The van der Waals surface area contributed by atoms with Crippen LogP contribution in [-0.2, 0) is 6.52 Å². The monoisotopic (exact) mass is 416 g/mol. The van der Waals surface area contributed by atoms with Crippen LogP contribution in [0.2, 0.25) is 5.75 Å². The van der Waals surface area contributed by atoms with Gasteiger partial charge in [0.2, 0.25) is 0 Å². The first-order valence-electron chi connectivity index (χ1n) is 14.7. The van der Waals surface area contributed by atoms with Gasteiger partial charge < -0.3 is 5.31 Å². The van der Waals surface area contributed by atoms with Gasteiger partial charge in [0.1, 0.15) is 25.4 Å². The third-order valence-electron chi connectivity index (χ3n) is 3.17. The van der Waals surface area contributed by atoms with Crippen molar-refractivity contribution in [3.63, 3.8) is 0 Å². The van der Waals surface area contributed by atoms with Crippen LogP contribution in [0, 0.1) is 17.1 Å². The lowest BCUT2D eigenvalue weighted by Crippen LogP contribution is -2.38. The Balaban J connectivity index is 1.99. The second-order valence-corrected chi connectivity index (χ2v) is 6.55. The van der Waals surface area contributed by atoms with Gasteiger partial charge in [0.05, 0.1) is 25.6 Å². The van der Waals surface area contributed by atoms with E-state index in [0.717, 1.165) is 0 Å². The molecule has 0 radical (unpaired) electrons. The normalized spacial score (nSPS) is 33.6. The van der Waals surface area contributed by atoms with E-state index >= 15 is 0 Å². The number of nitrogens with zero attached hydrogens (tertiary/aromatic N) is 4. The molecule has 0 bridgehead atoms. The predicted molar refractivity (Wildman–Crippen MR) is 105 cm³/mol. The Kier molecular flexibility index (Phi) is 2.19. The van der Waals surface area contributed by atoms with Crippen LogP contribution in [0.5, 0.6) is 0 Å². The summed E-state index contributed by atoms with van der Waals surface area (Å²) in [6, 6.07) is -4.53. The summed E-state index contributed by atoms with van der Waals surface area (Å²) >= 11 is 6.55. The number of rotatable bonds is 4. The lowest BCUT2D eigenvalue weighted by Gasteiger charge is -2.32. The lowest BCUT2D eigenvalue weighted by atomic mass is 10.0. The molecule has 4 rings (SSSR count). The number of likely N-dealkylation sites (tertiary alicyclic amines) is 1. The molecule has 1 saturated heterocycles. The van der Waals surface area contributed by atoms with Gasteiger partial charge in [-0.15, -0.1) is 11.3 Å². The fourth-order valence-electron chi connectivity index (χ4n) is 2.04. The molecule has 27 heavy (non-hydrogen) atoms. The number of nitrogens with one attached hydrogen (secondary N) is 1. The SMILES string of the molecule is [2H]c1nc(N([2H])C2([2H])C([2H])([2H])C([2H])([2H])N(C([2H])c3cc([2H])c(F)c(C#N)c3[2H])C([2H])([2H])C2([2H])[2H])c2sc(Cl)c([2H])c2n1. The van der Waals surface area contributed by atoms with Gasteiger partial charge in [-0.3, -0.25) is 4.90 Å². The third-order valence-corrected chi connectivity index (χ3v) is 4.36. The topological polar surface area (TPSA) is 64.8 Å².